The van der Waals surface area contributed by atoms with Crippen LogP contribution < -0.4 is 10.3 Å². The van der Waals surface area contributed by atoms with Crippen molar-refractivity contribution >= 4 is 49.8 Å². The predicted octanol–water partition coefficient (Wildman–Crippen LogP) is 5.27. The number of benzene rings is 3. The van der Waals surface area contributed by atoms with Gasteiger partial charge in [0.1, 0.15) is 10.9 Å². The van der Waals surface area contributed by atoms with E-state index in [0.717, 1.165) is 5.56 Å². The van der Waals surface area contributed by atoms with Gasteiger partial charge in [-0.15, -0.1) is 0 Å². The van der Waals surface area contributed by atoms with Crippen LogP contribution in [0, 0.1) is 6.92 Å². The van der Waals surface area contributed by atoms with E-state index in [4.69, 9.17) is 27.6 Å². The average Bonchev–Trinajstić information content (AvgIpc) is 2.71. The molecule has 4 rings (SSSR count). The Morgan fingerprint density at radius 2 is 1.60 bits per heavy atom. The largest absolute Gasteiger partial charge is 0.403 e. The van der Waals surface area contributed by atoms with Crippen LogP contribution in [-0.2, 0) is 10.0 Å². The quantitative estimate of drug-likeness (QED) is 0.447. The number of halogens is 2. The smallest absolute Gasteiger partial charge is 0.348 e. The van der Waals surface area contributed by atoms with Gasteiger partial charge in [-0.2, -0.15) is 0 Å². The molecule has 0 bridgehead atoms. The Labute approximate surface area is 182 Å². The molecule has 0 spiro atoms. The molecule has 3 aromatic carbocycles. The summed E-state index contributed by atoms with van der Waals surface area (Å²) in [5.74, 6) is -0.0844. The van der Waals surface area contributed by atoms with E-state index in [9.17, 15) is 13.2 Å². The van der Waals surface area contributed by atoms with Gasteiger partial charge in [-0.1, -0.05) is 53.0 Å². The molecule has 0 aliphatic rings. The summed E-state index contributed by atoms with van der Waals surface area (Å²) in [6.07, 6.45) is 0. The molecule has 0 saturated carbocycles. The first-order valence-corrected chi connectivity index (χ1v) is 11.0. The third-order valence-corrected chi connectivity index (χ3v) is 6.42. The Morgan fingerprint density at radius 3 is 2.33 bits per heavy atom. The zero-order valence-electron chi connectivity index (χ0n) is 15.5. The first kappa shape index (κ1) is 20.4. The van der Waals surface area contributed by atoms with Crippen molar-refractivity contribution in [2.24, 2.45) is 0 Å². The molecule has 1 aromatic heterocycles. The molecular formula is C21H14Cl2N2O4S. The number of hydrogen-bond acceptors (Lipinski definition) is 5. The van der Waals surface area contributed by atoms with Crippen molar-refractivity contribution < 1.29 is 12.8 Å². The van der Waals surface area contributed by atoms with Gasteiger partial charge in [-0.05, 0) is 43.3 Å². The highest BCUT2D eigenvalue weighted by Crippen LogP contribution is 2.32. The number of aryl methyl sites for hydroxylation is 1. The summed E-state index contributed by atoms with van der Waals surface area (Å²) < 4.78 is 33.5. The van der Waals surface area contributed by atoms with Crippen molar-refractivity contribution in [3.8, 4) is 11.5 Å². The number of rotatable bonds is 4. The van der Waals surface area contributed by atoms with Crippen LogP contribution in [0.1, 0.15) is 5.56 Å². The Hall–Kier alpha value is -2.87. The van der Waals surface area contributed by atoms with Crippen LogP contribution in [0.3, 0.4) is 0 Å². The molecule has 0 atom stereocenters. The van der Waals surface area contributed by atoms with E-state index in [1.807, 2.05) is 6.92 Å². The van der Waals surface area contributed by atoms with Crippen molar-refractivity contribution in [3.63, 3.8) is 0 Å². The number of anilines is 1. The van der Waals surface area contributed by atoms with Gasteiger partial charge in [0.25, 0.3) is 10.0 Å². The Balaban J connectivity index is 1.84. The number of nitrogens with one attached hydrogen (secondary N) is 1. The zero-order valence-corrected chi connectivity index (χ0v) is 17.8. The molecule has 0 fully saturated rings. The van der Waals surface area contributed by atoms with Crippen molar-refractivity contribution in [2.75, 3.05) is 4.72 Å². The number of hydrogen-bond donors (Lipinski definition) is 1. The van der Waals surface area contributed by atoms with E-state index < -0.39 is 15.6 Å². The molecule has 152 valence electrons. The van der Waals surface area contributed by atoms with Gasteiger partial charge in [0.2, 0.25) is 5.89 Å². The van der Waals surface area contributed by atoms with E-state index in [0.29, 0.717) is 0 Å². The number of nitrogens with zero attached hydrogens (tertiary/aromatic N) is 1. The number of sulfonamides is 1. The summed E-state index contributed by atoms with van der Waals surface area (Å²) in [7, 11) is -3.87. The minimum atomic E-state index is -3.87. The molecule has 1 N–H and O–H groups in total. The molecule has 0 aliphatic carbocycles. The normalized spacial score (nSPS) is 11.6. The fourth-order valence-corrected chi connectivity index (χ4v) is 4.41. The maximum atomic E-state index is 12.8. The average molecular weight is 461 g/mol. The van der Waals surface area contributed by atoms with Crippen LogP contribution in [0.4, 0.5) is 5.69 Å². The lowest BCUT2D eigenvalue weighted by Crippen LogP contribution is -2.14. The fraction of sp³-hybridized carbons (Fsp3) is 0.0476. The van der Waals surface area contributed by atoms with Crippen LogP contribution >= 0.6 is 23.2 Å². The second-order valence-electron chi connectivity index (χ2n) is 6.52. The molecular weight excluding hydrogens is 447 g/mol. The highest BCUT2D eigenvalue weighted by atomic mass is 35.5. The third-order valence-electron chi connectivity index (χ3n) is 4.42. The first-order valence-electron chi connectivity index (χ1n) is 8.74. The molecule has 1 heterocycles. The summed E-state index contributed by atoms with van der Waals surface area (Å²) in [4.78, 5) is 16.9. The van der Waals surface area contributed by atoms with Crippen molar-refractivity contribution in [1.29, 1.82) is 0 Å². The molecule has 4 aromatic rings. The highest BCUT2D eigenvalue weighted by Gasteiger charge is 2.20. The summed E-state index contributed by atoms with van der Waals surface area (Å²) in [5.41, 5.74) is 0.867. The van der Waals surface area contributed by atoms with Gasteiger partial charge in [0.05, 0.1) is 26.2 Å². The van der Waals surface area contributed by atoms with Crippen molar-refractivity contribution in [3.05, 3.63) is 86.7 Å². The standard InChI is InChI=1S/C21H14Cl2N2O4S/c1-12-6-8-13(9-7-12)30(27,28)25-17-5-3-2-4-14(17)20-24-19-16(23)11-10-15(22)18(19)21(26)29-20/h2-11,25H,1H3. The van der Waals surface area contributed by atoms with Crippen LogP contribution in [-0.4, -0.2) is 13.4 Å². The third kappa shape index (κ3) is 3.79. The molecule has 30 heavy (non-hydrogen) atoms. The van der Waals surface area contributed by atoms with Gasteiger partial charge >= 0.3 is 5.63 Å². The molecule has 0 unspecified atom stereocenters. The van der Waals surface area contributed by atoms with E-state index in [1.165, 1.54) is 24.3 Å². The maximum absolute atomic E-state index is 12.8. The summed E-state index contributed by atoms with van der Waals surface area (Å²) in [6, 6.07) is 15.9. The van der Waals surface area contributed by atoms with Crippen LogP contribution in [0.5, 0.6) is 0 Å². The fourth-order valence-electron chi connectivity index (χ4n) is 2.90. The van der Waals surface area contributed by atoms with Crippen molar-refractivity contribution in [2.45, 2.75) is 11.8 Å². The SMILES string of the molecule is Cc1ccc(S(=O)(=O)Nc2ccccc2-c2nc3c(Cl)ccc(Cl)c3c(=O)o2)cc1. The van der Waals surface area contributed by atoms with Crippen LogP contribution in [0.15, 0.2) is 74.8 Å². The molecule has 6 nitrogen and oxygen atoms in total. The lowest BCUT2D eigenvalue weighted by atomic mass is 10.1. The van der Waals surface area contributed by atoms with E-state index >= 15 is 0 Å². The summed E-state index contributed by atoms with van der Waals surface area (Å²) >= 11 is 12.3. The van der Waals surface area contributed by atoms with Crippen LogP contribution in [0.25, 0.3) is 22.4 Å². The van der Waals surface area contributed by atoms with E-state index in [1.54, 1.807) is 36.4 Å². The van der Waals surface area contributed by atoms with E-state index in [2.05, 4.69) is 9.71 Å². The van der Waals surface area contributed by atoms with Gasteiger partial charge < -0.3 is 4.42 Å². The number of aromatic nitrogens is 1. The monoisotopic (exact) mass is 460 g/mol. The van der Waals surface area contributed by atoms with Crippen LogP contribution in [0.2, 0.25) is 10.0 Å². The van der Waals surface area contributed by atoms with E-state index in [-0.39, 0.29) is 43.0 Å². The Kier molecular flexibility index (Phi) is 5.27. The number of fused-ring (bicyclic) bond motifs is 1. The topological polar surface area (TPSA) is 89.3 Å². The lowest BCUT2D eigenvalue weighted by Gasteiger charge is -2.12. The second kappa shape index (κ2) is 7.75. The van der Waals surface area contributed by atoms with Gasteiger partial charge in [0.15, 0.2) is 0 Å². The molecule has 9 heteroatoms. The summed E-state index contributed by atoms with van der Waals surface area (Å²) in [6.45, 7) is 1.87. The van der Waals surface area contributed by atoms with Gasteiger partial charge in [0, 0.05) is 0 Å². The Morgan fingerprint density at radius 1 is 0.933 bits per heavy atom. The number of para-hydroxylation sites is 1. The molecule has 0 amide bonds. The first-order chi connectivity index (χ1) is 14.3. The summed E-state index contributed by atoms with van der Waals surface area (Å²) in [5, 5.41) is 0.447. The zero-order chi connectivity index (χ0) is 21.5. The molecule has 0 radical (unpaired) electrons. The minimum Gasteiger partial charge on any atom is -0.403 e. The second-order valence-corrected chi connectivity index (χ2v) is 9.02. The van der Waals surface area contributed by atoms with Crippen molar-refractivity contribution in [1.82, 2.24) is 4.98 Å². The maximum Gasteiger partial charge on any atom is 0.348 e. The lowest BCUT2D eigenvalue weighted by molar-refractivity contribution is 0.518. The Bertz CT molecular complexity index is 1430. The predicted molar refractivity (Wildman–Crippen MR) is 118 cm³/mol. The highest BCUT2D eigenvalue weighted by molar-refractivity contribution is 7.92. The molecule has 0 aliphatic heterocycles. The minimum absolute atomic E-state index is 0.0608. The molecule has 0 saturated heterocycles. The van der Waals surface area contributed by atoms with Gasteiger partial charge in [-0.3, -0.25) is 4.72 Å². The van der Waals surface area contributed by atoms with Gasteiger partial charge in [-0.25, -0.2) is 18.2 Å².